The Morgan fingerprint density at radius 1 is 1.30 bits per heavy atom. The largest absolute Gasteiger partial charge is 0.497 e. The van der Waals surface area contributed by atoms with Gasteiger partial charge in [-0.3, -0.25) is 0 Å². The molecule has 104 valence electrons. The maximum atomic E-state index is 6.02. The third-order valence-corrected chi connectivity index (χ3v) is 3.61. The smallest absolute Gasteiger partial charge is 0.128 e. The lowest BCUT2D eigenvalue weighted by Crippen LogP contribution is -2.08. The van der Waals surface area contributed by atoms with E-state index in [1.807, 2.05) is 36.0 Å². The fourth-order valence-corrected chi connectivity index (χ4v) is 2.46. The van der Waals surface area contributed by atoms with Gasteiger partial charge in [0.1, 0.15) is 17.4 Å². The molecule has 3 rings (SSSR count). The molecule has 0 amide bonds. The number of hydrogen-bond donors (Lipinski definition) is 0. The van der Waals surface area contributed by atoms with Crippen molar-refractivity contribution in [2.75, 3.05) is 7.11 Å². The highest BCUT2D eigenvalue weighted by molar-refractivity contribution is 6.16. The van der Waals surface area contributed by atoms with Crippen molar-refractivity contribution in [3.63, 3.8) is 0 Å². The number of imidazole rings is 2. The van der Waals surface area contributed by atoms with Gasteiger partial charge >= 0.3 is 0 Å². The second-order valence-electron chi connectivity index (χ2n) is 4.56. The third-order valence-electron chi connectivity index (χ3n) is 3.37. The molecule has 0 saturated heterocycles. The molecule has 1 aromatic carbocycles. The number of fused-ring (bicyclic) bond motifs is 1. The number of alkyl halides is 1. The normalized spacial score (nSPS) is 11.2. The lowest BCUT2D eigenvalue weighted by Gasteiger charge is -2.08. The summed E-state index contributed by atoms with van der Waals surface area (Å²) in [6.45, 7) is 0.647. The van der Waals surface area contributed by atoms with Gasteiger partial charge in [0.2, 0.25) is 0 Å². The van der Waals surface area contributed by atoms with E-state index in [0.29, 0.717) is 12.4 Å². The van der Waals surface area contributed by atoms with Crippen LogP contribution in [0.4, 0.5) is 0 Å². The molecule has 0 spiro atoms. The Kier molecular flexibility index (Phi) is 3.36. The summed E-state index contributed by atoms with van der Waals surface area (Å²) in [6.07, 6.45) is 3.72. The van der Waals surface area contributed by atoms with E-state index >= 15 is 0 Å². The molecule has 0 radical (unpaired) electrons. The van der Waals surface area contributed by atoms with E-state index in [0.717, 1.165) is 28.4 Å². The Labute approximate surface area is 121 Å². The fraction of sp³-hybridized carbons (Fsp3) is 0.286. The van der Waals surface area contributed by atoms with Crippen molar-refractivity contribution in [1.82, 2.24) is 19.1 Å². The Morgan fingerprint density at radius 3 is 2.80 bits per heavy atom. The van der Waals surface area contributed by atoms with Crippen LogP contribution in [0.5, 0.6) is 5.75 Å². The summed E-state index contributed by atoms with van der Waals surface area (Å²) in [7, 11) is 3.62. The average Bonchev–Trinajstić information content (AvgIpc) is 3.03. The van der Waals surface area contributed by atoms with Gasteiger partial charge in [-0.25, -0.2) is 9.97 Å². The lowest BCUT2D eigenvalue weighted by molar-refractivity contribution is 0.415. The molecular weight excluding hydrogens is 276 g/mol. The van der Waals surface area contributed by atoms with Crippen molar-refractivity contribution in [2.45, 2.75) is 12.4 Å². The summed E-state index contributed by atoms with van der Waals surface area (Å²) in [5.74, 6) is 2.95. The van der Waals surface area contributed by atoms with Gasteiger partial charge in [0.25, 0.3) is 0 Å². The summed E-state index contributed by atoms with van der Waals surface area (Å²) >= 11 is 6.02. The first-order valence-corrected chi connectivity index (χ1v) is 6.81. The summed E-state index contributed by atoms with van der Waals surface area (Å²) in [5, 5.41) is 0. The first-order valence-electron chi connectivity index (χ1n) is 6.28. The highest BCUT2D eigenvalue weighted by atomic mass is 35.5. The number of ether oxygens (including phenoxy) is 1. The molecule has 0 aliphatic carbocycles. The lowest BCUT2D eigenvalue weighted by atomic mass is 10.3. The second-order valence-corrected chi connectivity index (χ2v) is 4.82. The summed E-state index contributed by atoms with van der Waals surface area (Å²) < 4.78 is 9.31. The molecule has 0 atom stereocenters. The molecule has 0 aliphatic heterocycles. The minimum Gasteiger partial charge on any atom is -0.497 e. The Hall–Kier alpha value is -2.01. The SMILES string of the molecule is COc1ccc2c(c1)nc(CCl)n2Cc1nccn1C. The van der Waals surface area contributed by atoms with Crippen LogP contribution in [0, 0.1) is 0 Å². The highest BCUT2D eigenvalue weighted by Crippen LogP contribution is 2.23. The van der Waals surface area contributed by atoms with Gasteiger partial charge in [-0.1, -0.05) is 0 Å². The minimum atomic E-state index is 0.363. The number of aryl methyl sites for hydroxylation is 1. The van der Waals surface area contributed by atoms with Gasteiger partial charge in [-0.05, 0) is 12.1 Å². The highest BCUT2D eigenvalue weighted by Gasteiger charge is 2.12. The van der Waals surface area contributed by atoms with Crippen LogP contribution in [0.15, 0.2) is 30.6 Å². The van der Waals surface area contributed by atoms with Gasteiger partial charge in [-0.15, -0.1) is 11.6 Å². The second kappa shape index (κ2) is 5.17. The number of halogens is 1. The van der Waals surface area contributed by atoms with Crippen LogP contribution in [0.25, 0.3) is 11.0 Å². The van der Waals surface area contributed by atoms with E-state index in [2.05, 4.69) is 14.5 Å². The minimum absolute atomic E-state index is 0.363. The first-order chi connectivity index (χ1) is 9.72. The number of benzene rings is 1. The maximum absolute atomic E-state index is 6.02. The predicted octanol–water partition coefficient (Wildman–Crippen LogP) is 2.57. The fourth-order valence-electron chi connectivity index (χ4n) is 2.26. The zero-order valence-corrected chi connectivity index (χ0v) is 12.1. The number of rotatable bonds is 4. The van der Waals surface area contributed by atoms with E-state index in [-0.39, 0.29) is 0 Å². The van der Waals surface area contributed by atoms with E-state index in [4.69, 9.17) is 16.3 Å². The van der Waals surface area contributed by atoms with E-state index in [9.17, 15) is 0 Å². The monoisotopic (exact) mass is 290 g/mol. The van der Waals surface area contributed by atoms with Gasteiger partial charge in [0.15, 0.2) is 0 Å². The van der Waals surface area contributed by atoms with Crippen molar-refractivity contribution >= 4 is 22.6 Å². The third kappa shape index (κ3) is 2.14. The quantitative estimate of drug-likeness (QED) is 0.694. The van der Waals surface area contributed by atoms with Gasteiger partial charge < -0.3 is 13.9 Å². The van der Waals surface area contributed by atoms with Crippen LogP contribution in [0.1, 0.15) is 11.6 Å². The van der Waals surface area contributed by atoms with Crippen molar-refractivity contribution in [3.05, 3.63) is 42.2 Å². The van der Waals surface area contributed by atoms with Gasteiger partial charge in [0.05, 0.1) is 30.6 Å². The van der Waals surface area contributed by atoms with Crippen LogP contribution < -0.4 is 4.74 Å². The number of hydrogen-bond acceptors (Lipinski definition) is 3. The van der Waals surface area contributed by atoms with Crippen molar-refractivity contribution in [3.8, 4) is 5.75 Å². The molecule has 2 aromatic heterocycles. The van der Waals surface area contributed by atoms with Crippen LogP contribution in [-0.2, 0) is 19.5 Å². The molecule has 20 heavy (non-hydrogen) atoms. The maximum Gasteiger partial charge on any atom is 0.128 e. The Bertz CT molecular complexity index is 747. The van der Waals surface area contributed by atoms with Crippen LogP contribution >= 0.6 is 11.6 Å². The van der Waals surface area contributed by atoms with Gasteiger partial charge in [0, 0.05) is 25.5 Å². The summed E-state index contributed by atoms with van der Waals surface area (Å²) in [6, 6.07) is 5.84. The number of aromatic nitrogens is 4. The molecule has 0 aliphatic rings. The van der Waals surface area contributed by atoms with Crippen molar-refractivity contribution in [1.29, 1.82) is 0 Å². The van der Waals surface area contributed by atoms with E-state index in [1.165, 1.54) is 0 Å². The standard InChI is InChI=1S/C14H15ClN4O/c1-18-6-5-16-14(18)9-19-12-4-3-10(20-2)7-11(12)17-13(19)8-15/h3-7H,8-9H2,1-2H3. The van der Waals surface area contributed by atoms with Crippen molar-refractivity contribution < 1.29 is 4.74 Å². The van der Waals surface area contributed by atoms with E-state index < -0.39 is 0 Å². The Balaban J connectivity index is 2.10. The zero-order chi connectivity index (χ0) is 14.1. The molecule has 0 unspecified atom stereocenters. The van der Waals surface area contributed by atoms with E-state index in [1.54, 1.807) is 13.3 Å². The summed E-state index contributed by atoms with van der Waals surface area (Å²) in [5.41, 5.74) is 1.92. The molecule has 2 heterocycles. The molecule has 0 bridgehead atoms. The Morgan fingerprint density at radius 2 is 2.15 bits per heavy atom. The van der Waals surface area contributed by atoms with Crippen LogP contribution in [0.3, 0.4) is 0 Å². The topological polar surface area (TPSA) is 44.9 Å². The molecule has 6 heteroatoms. The average molecular weight is 291 g/mol. The molecular formula is C14H15ClN4O. The van der Waals surface area contributed by atoms with Crippen LogP contribution in [0.2, 0.25) is 0 Å². The predicted molar refractivity (Wildman–Crippen MR) is 78.2 cm³/mol. The number of nitrogens with zero attached hydrogens (tertiary/aromatic N) is 4. The molecule has 5 nitrogen and oxygen atoms in total. The summed E-state index contributed by atoms with van der Waals surface area (Å²) in [4.78, 5) is 8.92. The van der Waals surface area contributed by atoms with Crippen LogP contribution in [-0.4, -0.2) is 26.2 Å². The molecule has 0 fully saturated rings. The molecule has 3 aromatic rings. The molecule has 0 N–H and O–H groups in total. The van der Waals surface area contributed by atoms with Gasteiger partial charge in [-0.2, -0.15) is 0 Å². The number of methoxy groups -OCH3 is 1. The zero-order valence-electron chi connectivity index (χ0n) is 11.4. The molecule has 0 saturated carbocycles. The first kappa shape index (κ1) is 13.0. The van der Waals surface area contributed by atoms with Crippen molar-refractivity contribution in [2.24, 2.45) is 7.05 Å².